The predicted molar refractivity (Wildman–Crippen MR) is 85.8 cm³/mol. The van der Waals surface area contributed by atoms with E-state index in [9.17, 15) is 9.59 Å². The number of carboxylic acid groups (broad SMARTS) is 1. The second-order valence-corrected chi connectivity index (χ2v) is 4.98. The van der Waals surface area contributed by atoms with Crippen molar-refractivity contribution in [1.29, 1.82) is 0 Å². The number of aromatic carboxylic acids is 1. The van der Waals surface area contributed by atoms with Gasteiger partial charge in [0.25, 0.3) is 5.91 Å². The van der Waals surface area contributed by atoms with Gasteiger partial charge in [-0.05, 0) is 17.7 Å². The van der Waals surface area contributed by atoms with E-state index in [4.69, 9.17) is 19.0 Å². The molecule has 7 nitrogen and oxygen atoms in total. The Morgan fingerprint density at radius 2 is 1.88 bits per heavy atom. The van der Waals surface area contributed by atoms with Crippen LogP contribution in [0, 0.1) is 0 Å². The summed E-state index contributed by atoms with van der Waals surface area (Å²) in [6.07, 6.45) is 0.393. The van der Waals surface area contributed by atoms with Crippen molar-refractivity contribution in [3.8, 4) is 11.5 Å². The summed E-state index contributed by atoms with van der Waals surface area (Å²) >= 11 is 0. The number of carbonyl (C=O) groups is 2. The van der Waals surface area contributed by atoms with Crippen LogP contribution in [0.5, 0.6) is 11.5 Å². The van der Waals surface area contributed by atoms with Crippen molar-refractivity contribution in [3.05, 3.63) is 46.9 Å². The molecular weight excluding hydrogens is 314 g/mol. The zero-order valence-electron chi connectivity index (χ0n) is 13.7. The van der Waals surface area contributed by atoms with E-state index in [-0.39, 0.29) is 23.6 Å². The molecule has 2 rings (SSSR count). The molecule has 2 aromatic rings. The molecule has 2 N–H and O–H groups in total. The van der Waals surface area contributed by atoms with E-state index in [1.165, 1.54) is 13.2 Å². The summed E-state index contributed by atoms with van der Waals surface area (Å²) in [5.41, 5.74) is 0.815. The highest BCUT2D eigenvalue weighted by molar-refractivity contribution is 5.96. The van der Waals surface area contributed by atoms with Gasteiger partial charge in [-0.1, -0.05) is 13.0 Å². The summed E-state index contributed by atoms with van der Waals surface area (Å²) in [6, 6.07) is 6.53. The molecule has 7 heteroatoms. The number of carbonyl (C=O) groups excluding carboxylic acids is 1. The number of methoxy groups -OCH3 is 2. The van der Waals surface area contributed by atoms with Gasteiger partial charge < -0.3 is 24.3 Å². The first-order valence-electron chi connectivity index (χ1n) is 7.35. The van der Waals surface area contributed by atoms with Gasteiger partial charge in [-0.3, -0.25) is 4.79 Å². The average Bonchev–Trinajstić information content (AvgIpc) is 3.04. The van der Waals surface area contributed by atoms with Gasteiger partial charge in [-0.2, -0.15) is 0 Å². The molecule has 0 aliphatic carbocycles. The van der Waals surface area contributed by atoms with E-state index in [1.54, 1.807) is 32.2 Å². The molecule has 128 valence electrons. The smallest absolute Gasteiger partial charge is 0.339 e. The Morgan fingerprint density at radius 3 is 2.42 bits per heavy atom. The predicted octanol–water partition coefficient (Wildman–Crippen LogP) is 2.49. The number of rotatable bonds is 7. The zero-order chi connectivity index (χ0) is 17.7. The Labute approximate surface area is 139 Å². The molecule has 0 atom stereocenters. The fourth-order valence-corrected chi connectivity index (χ4v) is 2.24. The van der Waals surface area contributed by atoms with Gasteiger partial charge in [-0.25, -0.2) is 4.79 Å². The molecule has 1 heterocycles. The normalized spacial score (nSPS) is 10.3. The summed E-state index contributed by atoms with van der Waals surface area (Å²) in [6.45, 7) is 2.00. The molecule has 0 aliphatic rings. The van der Waals surface area contributed by atoms with E-state index in [1.807, 2.05) is 0 Å². The van der Waals surface area contributed by atoms with Crippen molar-refractivity contribution >= 4 is 11.9 Å². The van der Waals surface area contributed by atoms with E-state index in [0.717, 1.165) is 5.56 Å². The molecular formula is C17H19NO6. The number of nitrogens with one attached hydrogen (secondary N) is 1. The Morgan fingerprint density at radius 1 is 1.17 bits per heavy atom. The maximum atomic E-state index is 12.1. The van der Waals surface area contributed by atoms with Crippen molar-refractivity contribution in [3.63, 3.8) is 0 Å². The molecule has 24 heavy (non-hydrogen) atoms. The van der Waals surface area contributed by atoms with E-state index in [2.05, 4.69) is 5.32 Å². The average molecular weight is 333 g/mol. The van der Waals surface area contributed by atoms with Crippen LogP contribution in [-0.4, -0.2) is 31.2 Å². The number of benzene rings is 1. The van der Waals surface area contributed by atoms with Crippen molar-refractivity contribution in [2.24, 2.45) is 0 Å². The molecule has 0 radical (unpaired) electrons. The highest BCUT2D eigenvalue weighted by Gasteiger charge is 2.19. The van der Waals surface area contributed by atoms with E-state index < -0.39 is 11.9 Å². The summed E-state index contributed by atoms with van der Waals surface area (Å²) in [7, 11) is 3.07. The van der Waals surface area contributed by atoms with Crippen LogP contribution in [0.25, 0.3) is 0 Å². The number of hydrogen-bond donors (Lipinski definition) is 2. The Kier molecular flexibility index (Phi) is 5.47. The van der Waals surface area contributed by atoms with Gasteiger partial charge in [0, 0.05) is 19.0 Å². The topological polar surface area (TPSA) is 98.0 Å². The number of amides is 1. The number of furan rings is 1. The fraction of sp³-hybridized carbons (Fsp3) is 0.294. The van der Waals surface area contributed by atoms with E-state index >= 15 is 0 Å². The Bertz CT molecular complexity index is 750. The first kappa shape index (κ1) is 17.4. The Hall–Kier alpha value is -2.96. The Balaban J connectivity index is 2.09. The first-order chi connectivity index (χ1) is 11.5. The SMILES string of the molecule is CCc1oc(C(=O)NCc2ccc(OC)c(OC)c2)cc1C(=O)O. The number of ether oxygens (including phenoxy) is 2. The van der Waals surface area contributed by atoms with Gasteiger partial charge >= 0.3 is 5.97 Å². The summed E-state index contributed by atoms with van der Waals surface area (Å²) in [4.78, 5) is 23.3. The highest BCUT2D eigenvalue weighted by atomic mass is 16.5. The van der Waals surface area contributed by atoms with Crippen molar-refractivity contribution < 1.29 is 28.6 Å². The van der Waals surface area contributed by atoms with Gasteiger partial charge in [0.05, 0.1) is 14.2 Å². The van der Waals surface area contributed by atoms with Crippen LogP contribution in [0.2, 0.25) is 0 Å². The third-order valence-electron chi connectivity index (χ3n) is 3.49. The second kappa shape index (κ2) is 7.54. The maximum Gasteiger partial charge on any atom is 0.339 e. The summed E-state index contributed by atoms with van der Waals surface area (Å²) in [5.74, 6) is -0.189. The van der Waals surface area contributed by atoms with Gasteiger partial charge in [0.15, 0.2) is 17.3 Å². The minimum atomic E-state index is -1.12. The molecule has 1 aromatic carbocycles. The third kappa shape index (κ3) is 3.68. The maximum absolute atomic E-state index is 12.1. The lowest BCUT2D eigenvalue weighted by molar-refractivity contribution is 0.0694. The molecule has 1 aromatic heterocycles. The number of aryl methyl sites for hydroxylation is 1. The van der Waals surface area contributed by atoms with Crippen LogP contribution in [-0.2, 0) is 13.0 Å². The van der Waals surface area contributed by atoms with Gasteiger partial charge in [-0.15, -0.1) is 0 Å². The molecule has 1 amide bonds. The summed E-state index contributed by atoms with van der Waals surface area (Å²) < 4.78 is 15.7. The molecule has 0 saturated carbocycles. The standard InChI is InChI=1S/C17H19NO6/c1-4-12-11(17(20)21)8-15(24-12)16(19)18-9-10-5-6-13(22-2)14(7-10)23-3/h5-8H,4,9H2,1-3H3,(H,18,19)(H,20,21). The minimum Gasteiger partial charge on any atom is -0.493 e. The zero-order valence-corrected chi connectivity index (χ0v) is 13.7. The van der Waals surface area contributed by atoms with Crippen LogP contribution in [0.1, 0.15) is 39.2 Å². The largest absolute Gasteiger partial charge is 0.493 e. The molecule has 0 saturated heterocycles. The lowest BCUT2D eigenvalue weighted by atomic mass is 10.2. The minimum absolute atomic E-state index is 0.00812. The van der Waals surface area contributed by atoms with Crippen LogP contribution < -0.4 is 14.8 Å². The van der Waals surface area contributed by atoms with Crippen LogP contribution >= 0.6 is 0 Å². The quantitative estimate of drug-likeness (QED) is 0.808. The number of carboxylic acids is 1. The van der Waals surface area contributed by atoms with Gasteiger partial charge in [0.2, 0.25) is 0 Å². The van der Waals surface area contributed by atoms with Crippen molar-refractivity contribution in [2.45, 2.75) is 19.9 Å². The van der Waals surface area contributed by atoms with E-state index in [0.29, 0.717) is 17.9 Å². The monoisotopic (exact) mass is 333 g/mol. The highest BCUT2D eigenvalue weighted by Crippen LogP contribution is 2.27. The second-order valence-electron chi connectivity index (χ2n) is 4.98. The first-order valence-corrected chi connectivity index (χ1v) is 7.35. The van der Waals surface area contributed by atoms with Crippen LogP contribution in [0.3, 0.4) is 0 Å². The molecule has 0 aliphatic heterocycles. The molecule has 0 fully saturated rings. The lowest BCUT2D eigenvalue weighted by Crippen LogP contribution is -2.22. The molecule has 0 unspecified atom stereocenters. The number of hydrogen-bond acceptors (Lipinski definition) is 5. The van der Waals surface area contributed by atoms with Crippen molar-refractivity contribution in [1.82, 2.24) is 5.32 Å². The summed E-state index contributed by atoms with van der Waals surface area (Å²) in [5, 5.41) is 11.8. The van der Waals surface area contributed by atoms with Gasteiger partial charge in [0.1, 0.15) is 11.3 Å². The molecule has 0 spiro atoms. The van der Waals surface area contributed by atoms with Crippen molar-refractivity contribution in [2.75, 3.05) is 14.2 Å². The van der Waals surface area contributed by atoms with Crippen LogP contribution in [0.4, 0.5) is 0 Å². The van der Waals surface area contributed by atoms with Crippen LogP contribution in [0.15, 0.2) is 28.7 Å². The lowest BCUT2D eigenvalue weighted by Gasteiger charge is -2.10. The molecule has 0 bridgehead atoms. The fourth-order valence-electron chi connectivity index (χ4n) is 2.24. The third-order valence-corrected chi connectivity index (χ3v) is 3.49.